The van der Waals surface area contributed by atoms with E-state index in [0.717, 1.165) is 38.4 Å². The number of hydrogen-bond acceptors (Lipinski definition) is 4. The number of hydrogen-bond donors (Lipinski definition) is 0. The van der Waals surface area contributed by atoms with Crippen LogP contribution in [-0.2, 0) is 4.79 Å². The van der Waals surface area contributed by atoms with Gasteiger partial charge in [-0.2, -0.15) is 0 Å². The summed E-state index contributed by atoms with van der Waals surface area (Å²) in [6, 6.07) is 1.24. The minimum Gasteiger partial charge on any atom is -0.484 e. The van der Waals surface area contributed by atoms with Crippen LogP contribution in [-0.4, -0.2) is 79.6 Å². The van der Waals surface area contributed by atoms with Crippen LogP contribution in [0.25, 0.3) is 0 Å². The van der Waals surface area contributed by atoms with Gasteiger partial charge in [0.15, 0.2) is 17.4 Å². The summed E-state index contributed by atoms with van der Waals surface area (Å²) in [4.78, 5) is 19.7. The predicted octanol–water partition coefficient (Wildman–Crippen LogP) is 3.14. The zero-order chi connectivity index (χ0) is 22.0. The van der Waals surface area contributed by atoms with Gasteiger partial charge in [-0.1, -0.05) is 0 Å². The summed E-state index contributed by atoms with van der Waals surface area (Å²) in [5, 5.41) is 0. The average Bonchev–Trinajstić information content (AvgIpc) is 3.16. The maximum absolute atomic E-state index is 13.8. The van der Waals surface area contributed by atoms with Crippen LogP contribution < -0.4 is 4.74 Å². The number of rotatable bonds is 5. The SMILES string of the molecule is CN1CCC(CN2CCC(C(=O)N3CCC(Oc4c(F)cc(F)cc4F)CC3)CC2)C1. The molecular formula is C23H32F3N3O2. The van der Waals surface area contributed by atoms with Crippen LogP contribution in [0.2, 0.25) is 0 Å². The fourth-order valence-corrected chi connectivity index (χ4v) is 5.16. The number of halogens is 3. The summed E-state index contributed by atoms with van der Waals surface area (Å²) in [7, 11) is 2.17. The van der Waals surface area contributed by atoms with Gasteiger partial charge in [-0.05, 0) is 51.9 Å². The highest BCUT2D eigenvalue weighted by molar-refractivity contribution is 5.79. The molecule has 0 N–H and O–H groups in total. The van der Waals surface area contributed by atoms with Gasteiger partial charge in [0.2, 0.25) is 5.91 Å². The van der Waals surface area contributed by atoms with E-state index in [9.17, 15) is 18.0 Å². The zero-order valence-electron chi connectivity index (χ0n) is 18.2. The van der Waals surface area contributed by atoms with Gasteiger partial charge in [0.25, 0.3) is 0 Å². The molecule has 1 atom stereocenters. The third-order valence-corrected chi connectivity index (χ3v) is 6.94. The van der Waals surface area contributed by atoms with Gasteiger partial charge in [0, 0.05) is 57.1 Å². The Morgan fingerprint density at radius 2 is 1.61 bits per heavy atom. The van der Waals surface area contributed by atoms with E-state index in [2.05, 4.69) is 16.8 Å². The van der Waals surface area contributed by atoms with Gasteiger partial charge in [-0.15, -0.1) is 0 Å². The lowest BCUT2D eigenvalue weighted by molar-refractivity contribution is -0.139. The van der Waals surface area contributed by atoms with Crippen LogP contribution in [0.4, 0.5) is 13.2 Å². The van der Waals surface area contributed by atoms with E-state index >= 15 is 0 Å². The number of benzene rings is 1. The van der Waals surface area contributed by atoms with E-state index in [1.165, 1.54) is 19.5 Å². The van der Waals surface area contributed by atoms with E-state index in [0.29, 0.717) is 38.1 Å². The maximum atomic E-state index is 13.8. The Kier molecular flexibility index (Phi) is 7.06. The Morgan fingerprint density at radius 3 is 2.19 bits per heavy atom. The normalized spacial score (nSPS) is 24.6. The summed E-state index contributed by atoms with van der Waals surface area (Å²) in [5.41, 5.74) is 0. The fourth-order valence-electron chi connectivity index (χ4n) is 5.16. The van der Waals surface area contributed by atoms with E-state index in [-0.39, 0.29) is 17.9 Å². The minimum atomic E-state index is -1.04. The second kappa shape index (κ2) is 9.77. The Morgan fingerprint density at radius 1 is 0.968 bits per heavy atom. The van der Waals surface area contributed by atoms with Gasteiger partial charge in [0.1, 0.15) is 11.9 Å². The molecule has 1 amide bonds. The molecule has 0 aliphatic carbocycles. The Balaban J connectivity index is 1.21. The number of ether oxygens (including phenoxy) is 1. The lowest BCUT2D eigenvalue weighted by atomic mass is 9.93. The summed E-state index contributed by atoms with van der Waals surface area (Å²) in [5.74, 6) is -2.58. The molecule has 0 aromatic heterocycles. The van der Waals surface area contributed by atoms with Crippen molar-refractivity contribution in [2.45, 2.75) is 38.2 Å². The van der Waals surface area contributed by atoms with E-state index in [4.69, 9.17) is 4.74 Å². The molecule has 1 unspecified atom stereocenters. The van der Waals surface area contributed by atoms with Crippen LogP contribution >= 0.6 is 0 Å². The molecule has 8 heteroatoms. The molecule has 3 aliphatic heterocycles. The molecule has 31 heavy (non-hydrogen) atoms. The molecule has 5 nitrogen and oxygen atoms in total. The van der Waals surface area contributed by atoms with Crippen molar-refractivity contribution in [1.82, 2.24) is 14.7 Å². The third-order valence-electron chi connectivity index (χ3n) is 6.94. The largest absolute Gasteiger partial charge is 0.484 e. The first kappa shape index (κ1) is 22.4. The van der Waals surface area contributed by atoms with Crippen molar-refractivity contribution >= 4 is 5.91 Å². The van der Waals surface area contributed by atoms with E-state index in [1.54, 1.807) is 0 Å². The monoisotopic (exact) mass is 439 g/mol. The maximum Gasteiger partial charge on any atom is 0.225 e. The van der Waals surface area contributed by atoms with Crippen LogP contribution in [0, 0.1) is 29.3 Å². The van der Waals surface area contributed by atoms with Gasteiger partial charge >= 0.3 is 0 Å². The number of amides is 1. The van der Waals surface area contributed by atoms with Crippen molar-refractivity contribution in [3.8, 4) is 5.75 Å². The van der Waals surface area contributed by atoms with Crippen LogP contribution in [0.15, 0.2) is 12.1 Å². The predicted molar refractivity (Wildman–Crippen MR) is 111 cm³/mol. The number of carbonyl (C=O) groups is 1. The molecule has 3 saturated heterocycles. The van der Waals surface area contributed by atoms with Crippen LogP contribution in [0.5, 0.6) is 5.75 Å². The number of nitrogens with zero attached hydrogens (tertiary/aromatic N) is 3. The third kappa shape index (κ3) is 5.52. The molecule has 172 valence electrons. The molecule has 0 saturated carbocycles. The molecule has 0 spiro atoms. The average molecular weight is 440 g/mol. The summed E-state index contributed by atoms with van der Waals surface area (Å²) >= 11 is 0. The fraction of sp³-hybridized carbons (Fsp3) is 0.696. The topological polar surface area (TPSA) is 36.0 Å². The quantitative estimate of drug-likeness (QED) is 0.706. The molecule has 0 bridgehead atoms. The Bertz CT molecular complexity index is 754. The lowest BCUT2D eigenvalue weighted by Gasteiger charge is -2.37. The van der Waals surface area contributed by atoms with Gasteiger partial charge < -0.3 is 19.4 Å². The molecule has 1 aromatic carbocycles. The van der Waals surface area contributed by atoms with Crippen molar-refractivity contribution in [2.24, 2.45) is 11.8 Å². The second-order valence-corrected chi connectivity index (χ2v) is 9.33. The first-order valence-corrected chi connectivity index (χ1v) is 11.4. The van der Waals surface area contributed by atoms with Gasteiger partial charge in [-0.25, -0.2) is 13.2 Å². The number of carbonyl (C=O) groups excluding carboxylic acids is 1. The summed E-state index contributed by atoms with van der Waals surface area (Å²) < 4.78 is 46.2. The van der Waals surface area contributed by atoms with Gasteiger partial charge in [0.05, 0.1) is 0 Å². The van der Waals surface area contributed by atoms with E-state index < -0.39 is 23.2 Å². The van der Waals surface area contributed by atoms with Crippen LogP contribution in [0.1, 0.15) is 32.1 Å². The van der Waals surface area contributed by atoms with E-state index in [1.807, 2.05) is 4.90 Å². The highest BCUT2D eigenvalue weighted by Crippen LogP contribution is 2.28. The molecule has 3 fully saturated rings. The standard InChI is InChI=1S/C23H32F3N3O2/c1-27-7-2-16(14-27)15-28-8-3-17(4-9-28)23(30)29-10-5-19(6-11-29)31-22-20(25)12-18(24)13-21(22)26/h12-13,16-17,19H,2-11,14-15H2,1H3. The molecule has 3 heterocycles. The molecule has 1 aromatic rings. The molecule has 4 rings (SSSR count). The molecule has 3 aliphatic rings. The van der Waals surface area contributed by atoms with Crippen molar-refractivity contribution in [3.05, 3.63) is 29.6 Å². The summed E-state index contributed by atoms with van der Waals surface area (Å²) in [6.07, 6.45) is 3.68. The van der Waals surface area contributed by atoms with Crippen molar-refractivity contribution in [3.63, 3.8) is 0 Å². The minimum absolute atomic E-state index is 0.0620. The lowest BCUT2D eigenvalue weighted by Crippen LogP contribution is -2.47. The Hall–Kier alpha value is -1.80. The van der Waals surface area contributed by atoms with Gasteiger partial charge in [-0.3, -0.25) is 4.79 Å². The number of likely N-dealkylation sites (tertiary alicyclic amines) is 3. The first-order valence-electron chi connectivity index (χ1n) is 11.4. The first-order chi connectivity index (χ1) is 14.9. The van der Waals surface area contributed by atoms with Crippen molar-refractivity contribution < 1.29 is 22.7 Å². The molecular weight excluding hydrogens is 407 g/mol. The highest BCUT2D eigenvalue weighted by Gasteiger charge is 2.33. The highest BCUT2D eigenvalue weighted by atomic mass is 19.1. The van der Waals surface area contributed by atoms with Crippen LogP contribution in [0.3, 0.4) is 0 Å². The summed E-state index contributed by atoms with van der Waals surface area (Å²) in [6.45, 7) is 6.45. The zero-order valence-corrected chi connectivity index (χ0v) is 18.2. The molecule has 0 radical (unpaired) electrons. The Labute approximate surface area is 182 Å². The van der Waals surface area contributed by atoms with Crippen molar-refractivity contribution in [1.29, 1.82) is 0 Å². The second-order valence-electron chi connectivity index (χ2n) is 9.33. The smallest absolute Gasteiger partial charge is 0.225 e. The van der Waals surface area contributed by atoms with Crippen molar-refractivity contribution in [2.75, 3.05) is 52.9 Å². The number of piperidine rings is 2.